The second kappa shape index (κ2) is 5.85. The first-order valence-corrected chi connectivity index (χ1v) is 6.00. The number of morpholine rings is 1. The molecule has 7 nitrogen and oxygen atoms in total. The first kappa shape index (κ1) is 13.6. The summed E-state index contributed by atoms with van der Waals surface area (Å²) in [4.78, 5) is 24.6. The number of nitrogens with zero attached hydrogens (tertiary/aromatic N) is 2. The Balaban J connectivity index is 2.18. The molecular formula is C12H16N2O5. The van der Waals surface area contributed by atoms with E-state index in [2.05, 4.69) is 0 Å². The molecule has 19 heavy (non-hydrogen) atoms. The van der Waals surface area contributed by atoms with Gasteiger partial charge in [0.05, 0.1) is 25.9 Å². The minimum atomic E-state index is -1.01. The first-order valence-electron chi connectivity index (χ1n) is 6.00. The van der Waals surface area contributed by atoms with Crippen LogP contribution in [0.3, 0.4) is 0 Å². The van der Waals surface area contributed by atoms with Gasteiger partial charge in [-0.25, -0.2) is 0 Å². The van der Waals surface area contributed by atoms with Gasteiger partial charge in [-0.05, 0) is 12.1 Å². The number of carbonyl (C=O) groups is 2. The van der Waals surface area contributed by atoms with Gasteiger partial charge in [0, 0.05) is 12.7 Å². The van der Waals surface area contributed by atoms with Gasteiger partial charge in [0.1, 0.15) is 12.2 Å². The van der Waals surface area contributed by atoms with Crippen LogP contribution in [-0.4, -0.2) is 64.0 Å². The second-order valence-corrected chi connectivity index (χ2v) is 4.32. The molecule has 0 spiro atoms. The molecule has 1 amide bonds. The van der Waals surface area contributed by atoms with Crippen molar-refractivity contribution in [3.63, 3.8) is 0 Å². The molecule has 104 valence electrons. The molecule has 7 heteroatoms. The van der Waals surface area contributed by atoms with Gasteiger partial charge < -0.3 is 24.4 Å². The number of aliphatic hydroxyl groups excluding tert-OH is 1. The number of aliphatic carboxylic acids is 1. The summed E-state index contributed by atoms with van der Waals surface area (Å²) >= 11 is 0. The third-order valence-corrected chi connectivity index (χ3v) is 3.05. The van der Waals surface area contributed by atoms with Crippen LogP contribution in [0.1, 0.15) is 10.5 Å². The van der Waals surface area contributed by atoms with Crippen LogP contribution >= 0.6 is 0 Å². The number of aromatic nitrogens is 1. The van der Waals surface area contributed by atoms with Gasteiger partial charge in [-0.15, -0.1) is 0 Å². The number of rotatable bonds is 4. The molecule has 0 aromatic carbocycles. The molecule has 0 saturated carbocycles. The smallest absolute Gasteiger partial charge is 0.323 e. The van der Waals surface area contributed by atoms with Crippen LogP contribution in [0.2, 0.25) is 0 Å². The van der Waals surface area contributed by atoms with Crippen molar-refractivity contribution in [2.24, 2.45) is 0 Å². The van der Waals surface area contributed by atoms with Crippen LogP contribution in [0.5, 0.6) is 0 Å². The number of amides is 1. The number of carboxylic acid groups (broad SMARTS) is 1. The SMILES string of the molecule is O=C(O)Cn1cccc1C(=O)N1CCOCC1CO. The first-order chi connectivity index (χ1) is 9.13. The van der Waals surface area contributed by atoms with Crippen molar-refractivity contribution in [2.45, 2.75) is 12.6 Å². The normalized spacial score (nSPS) is 19.4. The van der Waals surface area contributed by atoms with Crippen molar-refractivity contribution < 1.29 is 24.5 Å². The Kier molecular flexibility index (Phi) is 4.18. The predicted molar refractivity (Wildman–Crippen MR) is 64.8 cm³/mol. The van der Waals surface area contributed by atoms with Gasteiger partial charge in [-0.2, -0.15) is 0 Å². The molecule has 2 rings (SSSR count). The van der Waals surface area contributed by atoms with Gasteiger partial charge >= 0.3 is 5.97 Å². The highest BCUT2D eigenvalue weighted by molar-refractivity contribution is 5.93. The minimum Gasteiger partial charge on any atom is -0.480 e. The van der Waals surface area contributed by atoms with Crippen molar-refractivity contribution in [1.82, 2.24) is 9.47 Å². The second-order valence-electron chi connectivity index (χ2n) is 4.32. The topological polar surface area (TPSA) is 92.0 Å². The number of carbonyl (C=O) groups excluding carboxylic acids is 1. The van der Waals surface area contributed by atoms with Crippen LogP contribution in [0.25, 0.3) is 0 Å². The summed E-state index contributed by atoms with van der Waals surface area (Å²) in [6, 6.07) is 2.83. The van der Waals surface area contributed by atoms with E-state index in [1.807, 2.05) is 0 Å². The summed E-state index contributed by atoms with van der Waals surface area (Å²) in [6.07, 6.45) is 1.55. The van der Waals surface area contributed by atoms with Crippen LogP contribution in [0.4, 0.5) is 0 Å². The van der Waals surface area contributed by atoms with E-state index in [-0.39, 0.29) is 25.1 Å². The van der Waals surface area contributed by atoms with E-state index in [0.717, 1.165) is 0 Å². The standard InChI is InChI=1S/C12H16N2O5/c15-7-9-8-19-5-4-14(9)12(18)10-2-1-3-13(10)6-11(16)17/h1-3,9,15H,4-8H2,(H,16,17). The van der Waals surface area contributed by atoms with Crippen molar-refractivity contribution in [3.8, 4) is 0 Å². The lowest BCUT2D eigenvalue weighted by molar-refractivity contribution is -0.137. The Morgan fingerprint density at radius 1 is 1.47 bits per heavy atom. The molecular weight excluding hydrogens is 252 g/mol. The maximum atomic E-state index is 12.4. The number of aliphatic hydroxyl groups is 1. The number of hydrogen-bond donors (Lipinski definition) is 2. The summed E-state index contributed by atoms with van der Waals surface area (Å²) in [6.45, 7) is 0.666. The molecule has 2 heterocycles. The zero-order chi connectivity index (χ0) is 13.8. The lowest BCUT2D eigenvalue weighted by Crippen LogP contribution is -2.50. The fourth-order valence-electron chi connectivity index (χ4n) is 2.11. The van der Waals surface area contributed by atoms with Gasteiger partial charge in [0.2, 0.25) is 0 Å². The highest BCUT2D eigenvalue weighted by Gasteiger charge is 2.29. The summed E-state index contributed by atoms with van der Waals surface area (Å²) in [7, 11) is 0. The fraction of sp³-hybridized carbons (Fsp3) is 0.500. The molecule has 1 aromatic rings. The van der Waals surface area contributed by atoms with E-state index in [9.17, 15) is 14.7 Å². The van der Waals surface area contributed by atoms with Crippen molar-refractivity contribution in [1.29, 1.82) is 0 Å². The van der Waals surface area contributed by atoms with E-state index in [1.54, 1.807) is 18.3 Å². The maximum Gasteiger partial charge on any atom is 0.323 e. The largest absolute Gasteiger partial charge is 0.480 e. The van der Waals surface area contributed by atoms with Gasteiger partial charge in [0.25, 0.3) is 5.91 Å². The van der Waals surface area contributed by atoms with Gasteiger partial charge in [0.15, 0.2) is 0 Å². The molecule has 1 unspecified atom stereocenters. The Morgan fingerprint density at radius 2 is 2.26 bits per heavy atom. The maximum absolute atomic E-state index is 12.4. The number of hydrogen-bond acceptors (Lipinski definition) is 4. The summed E-state index contributed by atoms with van der Waals surface area (Å²) < 4.78 is 6.59. The molecule has 1 aliphatic rings. The third-order valence-electron chi connectivity index (χ3n) is 3.05. The number of carboxylic acids is 1. The number of ether oxygens (including phenoxy) is 1. The Labute approximate surface area is 110 Å². The zero-order valence-corrected chi connectivity index (χ0v) is 10.4. The molecule has 1 aromatic heterocycles. The van der Waals surface area contributed by atoms with E-state index in [0.29, 0.717) is 25.5 Å². The average molecular weight is 268 g/mol. The Bertz CT molecular complexity index is 470. The highest BCUT2D eigenvalue weighted by atomic mass is 16.5. The van der Waals surface area contributed by atoms with E-state index in [1.165, 1.54) is 9.47 Å². The highest BCUT2D eigenvalue weighted by Crippen LogP contribution is 2.13. The van der Waals surface area contributed by atoms with Crippen molar-refractivity contribution in [2.75, 3.05) is 26.4 Å². The molecule has 0 bridgehead atoms. The molecule has 1 aliphatic heterocycles. The molecule has 1 saturated heterocycles. The average Bonchev–Trinajstić information content (AvgIpc) is 2.85. The summed E-state index contributed by atoms with van der Waals surface area (Å²) in [5.41, 5.74) is 0.308. The summed E-state index contributed by atoms with van der Waals surface area (Å²) in [5, 5.41) is 18.0. The van der Waals surface area contributed by atoms with Crippen molar-refractivity contribution >= 4 is 11.9 Å². The Hall–Kier alpha value is -1.86. The van der Waals surface area contributed by atoms with E-state index in [4.69, 9.17) is 9.84 Å². The Morgan fingerprint density at radius 3 is 2.95 bits per heavy atom. The minimum absolute atomic E-state index is 0.175. The lowest BCUT2D eigenvalue weighted by atomic mass is 10.2. The van der Waals surface area contributed by atoms with Crippen LogP contribution in [-0.2, 0) is 16.1 Å². The molecule has 1 fully saturated rings. The molecule has 2 N–H and O–H groups in total. The molecule has 1 atom stereocenters. The fourth-order valence-corrected chi connectivity index (χ4v) is 2.11. The third kappa shape index (κ3) is 2.94. The monoisotopic (exact) mass is 268 g/mol. The van der Waals surface area contributed by atoms with Gasteiger partial charge in [-0.3, -0.25) is 9.59 Å². The van der Waals surface area contributed by atoms with E-state index >= 15 is 0 Å². The summed E-state index contributed by atoms with van der Waals surface area (Å²) in [5.74, 6) is -1.29. The molecule has 0 radical (unpaired) electrons. The van der Waals surface area contributed by atoms with Crippen LogP contribution < -0.4 is 0 Å². The van der Waals surface area contributed by atoms with Gasteiger partial charge in [-0.1, -0.05) is 0 Å². The lowest BCUT2D eigenvalue weighted by Gasteiger charge is -2.34. The zero-order valence-electron chi connectivity index (χ0n) is 10.4. The van der Waals surface area contributed by atoms with E-state index < -0.39 is 5.97 Å². The quantitative estimate of drug-likeness (QED) is 0.761. The van der Waals surface area contributed by atoms with Crippen molar-refractivity contribution in [3.05, 3.63) is 24.0 Å². The molecule has 0 aliphatic carbocycles. The van der Waals surface area contributed by atoms with Crippen LogP contribution in [0.15, 0.2) is 18.3 Å². The predicted octanol–water partition coefficient (Wildman–Crippen LogP) is -0.594. The van der Waals surface area contributed by atoms with Crippen LogP contribution in [0, 0.1) is 0 Å².